The molecular formula is C10H21ClN2O2. The van der Waals surface area contributed by atoms with Gasteiger partial charge in [-0.3, -0.25) is 4.79 Å². The highest BCUT2D eigenvalue weighted by atomic mass is 35.5. The second kappa shape index (κ2) is 7.91. The Hall–Kier alpha value is -0.320. The fourth-order valence-electron chi connectivity index (χ4n) is 1.56. The zero-order chi connectivity index (χ0) is 10.4. The van der Waals surface area contributed by atoms with Crippen LogP contribution in [0.15, 0.2) is 0 Å². The largest absolute Gasteiger partial charge is 0.381 e. The van der Waals surface area contributed by atoms with Crippen molar-refractivity contribution < 1.29 is 9.53 Å². The molecular weight excluding hydrogens is 216 g/mol. The summed E-state index contributed by atoms with van der Waals surface area (Å²) < 4.78 is 5.23. The summed E-state index contributed by atoms with van der Waals surface area (Å²) in [5.41, 5.74) is 0. The Morgan fingerprint density at radius 1 is 1.60 bits per heavy atom. The van der Waals surface area contributed by atoms with E-state index in [4.69, 9.17) is 4.74 Å². The number of carbonyl (C=O) groups is 1. The van der Waals surface area contributed by atoms with Crippen molar-refractivity contribution in [2.75, 3.05) is 33.4 Å². The maximum atomic E-state index is 11.5. The van der Waals surface area contributed by atoms with Crippen LogP contribution in [0, 0.1) is 11.8 Å². The Bertz CT molecular complexity index is 184. The van der Waals surface area contributed by atoms with E-state index in [2.05, 4.69) is 10.6 Å². The molecule has 1 aliphatic rings. The average Bonchev–Trinajstić information content (AvgIpc) is 2.67. The van der Waals surface area contributed by atoms with Crippen LogP contribution < -0.4 is 10.6 Å². The standard InChI is InChI=1S/C10H20N2O2.ClH/c1-8(5-11-2)10(13)12-6-9-3-4-14-7-9;/h8-9,11H,3-7H2,1-2H3,(H,12,13);1H. The van der Waals surface area contributed by atoms with Gasteiger partial charge in [-0.25, -0.2) is 0 Å². The van der Waals surface area contributed by atoms with Gasteiger partial charge >= 0.3 is 0 Å². The van der Waals surface area contributed by atoms with Gasteiger partial charge in [-0.15, -0.1) is 12.4 Å². The molecule has 0 aliphatic carbocycles. The number of halogens is 1. The third-order valence-electron chi connectivity index (χ3n) is 2.55. The van der Waals surface area contributed by atoms with Crippen LogP contribution in [0.1, 0.15) is 13.3 Å². The van der Waals surface area contributed by atoms with Crippen LogP contribution in [0.3, 0.4) is 0 Å². The number of rotatable bonds is 5. The van der Waals surface area contributed by atoms with E-state index >= 15 is 0 Å². The predicted octanol–water partition coefficient (Wildman–Crippen LogP) is 0.416. The Labute approximate surface area is 97.5 Å². The van der Waals surface area contributed by atoms with Crippen LogP contribution in [0.25, 0.3) is 0 Å². The molecule has 15 heavy (non-hydrogen) atoms. The molecule has 0 spiro atoms. The molecule has 1 amide bonds. The van der Waals surface area contributed by atoms with Crippen LogP contribution in [-0.2, 0) is 9.53 Å². The van der Waals surface area contributed by atoms with Crippen molar-refractivity contribution >= 4 is 18.3 Å². The van der Waals surface area contributed by atoms with Gasteiger partial charge in [0, 0.05) is 31.5 Å². The first-order valence-corrected chi connectivity index (χ1v) is 5.24. The van der Waals surface area contributed by atoms with E-state index < -0.39 is 0 Å². The van der Waals surface area contributed by atoms with Gasteiger partial charge in [0.1, 0.15) is 0 Å². The zero-order valence-electron chi connectivity index (χ0n) is 9.41. The normalized spacial score (nSPS) is 21.9. The van der Waals surface area contributed by atoms with Crippen molar-refractivity contribution in [2.24, 2.45) is 11.8 Å². The summed E-state index contributed by atoms with van der Waals surface area (Å²) in [5.74, 6) is 0.689. The monoisotopic (exact) mass is 236 g/mol. The minimum Gasteiger partial charge on any atom is -0.381 e. The summed E-state index contributed by atoms with van der Waals surface area (Å²) in [4.78, 5) is 11.5. The topological polar surface area (TPSA) is 50.4 Å². The van der Waals surface area contributed by atoms with Gasteiger partial charge in [-0.2, -0.15) is 0 Å². The highest BCUT2D eigenvalue weighted by Gasteiger charge is 2.18. The Kier molecular flexibility index (Phi) is 7.74. The first kappa shape index (κ1) is 14.7. The van der Waals surface area contributed by atoms with Crippen LogP contribution in [0.5, 0.6) is 0 Å². The summed E-state index contributed by atoms with van der Waals surface area (Å²) in [6.45, 7) is 5.05. The molecule has 1 fully saturated rings. The van der Waals surface area contributed by atoms with Gasteiger partial charge in [-0.1, -0.05) is 6.92 Å². The molecule has 1 saturated heterocycles. The zero-order valence-corrected chi connectivity index (χ0v) is 10.2. The van der Waals surface area contributed by atoms with Crippen molar-refractivity contribution in [3.63, 3.8) is 0 Å². The van der Waals surface area contributed by atoms with Gasteiger partial charge in [0.05, 0.1) is 6.61 Å². The second-order valence-electron chi connectivity index (χ2n) is 3.93. The van der Waals surface area contributed by atoms with E-state index in [0.717, 1.165) is 32.7 Å². The first-order valence-electron chi connectivity index (χ1n) is 5.24. The van der Waals surface area contributed by atoms with Crippen molar-refractivity contribution in [1.29, 1.82) is 0 Å². The number of ether oxygens (including phenoxy) is 1. The van der Waals surface area contributed by atoms with Gasteiger partial charge in [-0.05, 0) is 13.5 Å². The molecule has 0 aromatic heterocycles. The summed E-state index contributed by atoms with van der Waals surface area (Å²) in [7, 11) is 1.86. The number of hydrogen-bond donors (Lipinski definition) is 2. The molecule has 2 unspecified atom stereocenters. The predicted molar refractivity (Wildman–Crippen MR) is 62.3 cm³/mol. The molecule has 0 aromatic rings. The lowest BCUT2D eigenvalue weighted by molar-refractivity contribution is -0.124. The van der Waals surface area contributed by atoms with E-state index in [0.29, 0.717) is 5.92 Å². The molecule has 0 bridgehead atoms. The third kappa shape index (κ3) is 5.35. The van der Waals surface area contributed by atoms with Crippen LogP contribution in [0.2, 0.25) is 0 Å². The minimum atomic E-state index is 0. The van der Waals surface area contributed by atoms with Crippen LogP contribution in [0.4, 0.5) is 0 Å². The van der Waals surface area contributed by atoms with E-state index in [-0.39, 0.29) is 24.2 Å². The van der Waals surface area contributed by atoms with Crippen molar-refractivity contribution in [3.8, 4) is 0 Å². The van der Waals surface area contributed by atoms with Crippen molar-refractivity contribution in [2.45, 2.75) is 13.3 Å². The molecule has 0 aromatic carbocycles. The van der Waals surface area contributed by atoms with Crippen molar-refractivity contribution in [1.82, 2.24) is 10.6 Å². The summed E-state index contributed by atoms with van der Waals surface area (Å²) >= 11 is 0. The fraction of sp³-hybridized carbons (Fsp3) is 0.900. The lowest BCUT2D eigenvalue weighted by Gasteiger charge is -2.13. The lowest BCUT2D eigenvalue weighted by atomic mass is 10.1. The second-order valence-corrected chi connectivity index (χ2v) is 3.93. The van der Waals surface area contributed by atoms with E-state index in [1.54, 1.807) is 0 Å². The smallest absolute Gasteiger partial charge is 0.224 e. The number of amides is 1. The maximum absolute atomic E-state index is 11.5. The molecule has 2 N–H and O–H groups in total. The van der Waals surface area contributed by atoms with Gasteiger partial charge in [0.2, 0.25) is 5.91 Å². The molecule has 0 radical (unpaired) electrons. The van der Waals surface area contributed by atoms with Crippen molar-refractivity contribution in [3.05, 3.63) is 0 Å². The fourth-order valence-corrected chi connectivity index (χ4v) is 1.56. The Morgan fingerprint density at radius 3 is 2.87 bits per heavy atom. The molecule has 4 nitrogen and oxygen atoms in total. The van der Waals surface area contributed by atoms with Gasteiger partial charge in [0.15, 0.2) is 0 Å². The molecule has 5 heteroatoms. The Balaban J connectivity index is 0.00000196. The first-order chi connectivity index (χ1) is 6.74. The SMILES string of the molecule is CNCC(C)C(=O)NCC1CCOC1.Cl. The number of hydrogen-bond acceptors (Lipinski definition) is 3. The van der Waals surface area contributed by atoms with E-state index in [1.165, 1.54) is 0 Å². The molecule has 1 heterocycles. The molecule has 1 rings (SSSR count). The summed E-state index contributed by atoms with van der Waals surface area (Å²) in [6, 6.07) is 0. The number of nitrogens with one attached hydrogen (secondary N) is 2. The third-order valence-corrected chi connectivity index (χ3v) is 2.55. The lowest BCUT2D eigenvalue weighted by Crippen LogP contribution is -2.37. The van der Waals surface area contributed by atoms with E-state index in [1.807, 2.05) is 14.0 Å². The molecule has 0 saturated carbocycles. The molecule has 90 valence electrons. The molecule has 2 atom stereocenters. The van der Waals surface area contributed by atoms with E-state index in [9.17, 15) is 4.79 Å². The minimum absolute atomic E-state index is 0. The summed E-state index contributed by atoms with van der Waals surface area (Å²) in [5, 5.41) is 5.94. The van der Waals surface area contributed by atoms with Gasteiger partial charge < -0.3 is 15.4 Å². The average molecular weight is 237 g/mol. The van der Waals surface area contributed by atoms with Crippen LogP contribution >= 0.6 is 12.4 Å². The number of carbonyl (C=O) groups excluding carboxylic acids is 1. The maximum Gasteiger partial charge on any atom is 0.224 e. The highest BCUT2D eigenvalue weighted by molar-refractivity contribution is 5.85. The molecule has 1 aliphatic heterocycles. The quantitative estimate of drug-likeness (QED) is 0.728. The highest BCUT2D eigenvalue weighted by Crippen LogP contribution is 2.10. The van der Waals surface area contributed by atoms with Crippen LogP contribution in [-0.4, -0.2) is 39.3 Å². The Morgan fingerprint density at radius 2 is 2.33 bits per heavy atom. The van der Waals surface area contributed by atoms with Gasteiger partial charge in [0.25, 0.3) is 0 Å². The summed E-state index contributed by atoms with van der Waals surface area (Å²) in [6.07, 6.45) is 1.07.